The van der Waals surface area contributed by atoms with Crippen LogP contribution >= 0.6 is 11.6 Å². The molecule has 160 valence electrons. The fourth-order valence-electron chi connectivity index (χ4n) is 2.83. The number of methoxy groups -OCH3 is 1. The number of ether oxygens (including phenoxy) is 1. The van der Waals surface area contributed by atoms with Crippen molar-refractivity contribution in [3.8, 4) is 0 Å². The average Bonchev–Trinajstić information content (AvgIpc) is 3.13. The zero-order chi connectivity index (χ0) is 21.7. The second kappa shape index (κ2) is 9.52. The SMILES string of the molecule is COCCn1nnc2cc(S(=O)(=O)N(C)CC(=O)NCc3cccc(Cl)c3)ccc21. The monoisotopic (exact) mass is 451 g/mol. The lowest BCUT2D eigenvalue weighted by atomic mass is 10.2. The number of hydrogen-bond donors (Lipinski definition) is 1. The second-order valence-corrected chi connectivity index (χ2v) is 9.10. The molecule has 0 aliphatic heterocycles. The van der Waals surface area contributed by atoms with Gasteiger partial charge in [0, 0.05) is 25.7 Å². The van der Waals surface area contributed by atoms with E-state index in [0.717, 1.165) is 9.87 Å². The van der Waals surface area contributed by atoms with Crippen molar-refractivity contribution in [2.24, 2.45) is 0 Å². The molecule has 30 heavy (non-hydrogen) atoms. The van der Waals surface area contributed by atoms with Gasteiger partial charge in [0.05, 0.1) is 30.1 Å². The Morgan fingerprint density at radius 1 is 1.27 bits per heavy atom. The van der Waals surface area contributed by atoms with Crippen molar-refractivity contribution >= 4 is 38.6 Å². The van der Waals surface area contributed by atoms with E-state index in [1.807, 2.05) is 6.07 Å². The first-order chi connectivity index (χ1) is 14.3. The normalized spacial score (nSPS) is 11.9. The molecule has 1 aromatic heterocycles. The van der Waals surface area contributed by atoms with E-state index < -0.39 is 15.9 Å². The summed E-state index contributed by atoms with van der Waals surface area (Å²) in [5.41, 5.74) is 1.97. The molecule has 0 unspecified atom stereocenters. The lowest BCUT2D eigenvalue weighted by Gasteiger charge is -2.17. The smallest absolute Gasteiger partial charge is 0.243 e. The van der Waals surface area contributed by atoms with Crippen LogP contribution in [0.2, 0.25) is 5.02 Å². The fraction of sp³-hybridized carbons (Fsp3) is 0.316. The molecule has 0 saturated carbocycles. The number of benzene rings is 2. The van der Waals surface area contributed by atoms with Crippen LogP contribution in [0.3, 0.4) is 0 Å². The van der Waals surface area contributed by atoms with E-state index in [4.69, 9.17) is 16.3 Å². The third kappa shape index (κ3) is 5.14. The second-order valence-electron chi connectivity index (χ2n) is 6.62. The predicted octanol–water partition coefficient (Wildman–Crippen LogP) is 1.67. The van der Waals surface area contributed by atoms with Crippen molar-refractivity contribution < 1.29 is 17.9 Å². The van der Waals surface area contributed by atoms with E-state index in [1.165, 1.54) is 19.2 Å². The topological polar surface area (TPSA) is 106 Å². The van der Waals surface area contributed by atoms with Gasteiger partial charge >= 0.3 is 0 Å². The quantitative estimate of drug-likeness (QED) is 0.530. The third-order valence-corrected chi connectivity index (χ3v) is 6.48. The first-order valence-electron chi connectivity index (χ1n) is 9.11. The molecular formula is C19H22ClN5O4S. The molecule has 1 heterocycles. The van der Waals surface area contributed by atoms with Gasteiger partial charge in [-0.05, 0) is 35.9 Å². The number of sulfonamides is 1. The number of hydrogen-bond acceptors (Lipinski definition) is 6. The van der Waals surface area contributed by atoms with Crippen molar-refractivity contribution in [1.82, 2.24) is 24.6 Å². The molecule has 0 aliphatic carbocycles. The van der Waals surface area contributed by atoms with Gasteiger partial charge < -0.3 is 10.1 Å². The minimum Gasteiger partial charge on any atom is -0.383 e. The fourth-order valence-corrected chi connectivity index (χ4v) is 4.19. The van der Waals surface area contributed by atoms with Gasteiger partial charge in [-0.15, -0.1) is 5.10 Å². The number of carbonyl (C=O) groups excluding carboxylic acids is 1. The highest BCUT2D eigenvalue weighted by Crippen LogP contribution is 2.20. The average molecular weight is 452 g/mol. The molecule has 9 nitrogen and oxygen atoms in total. The first kappa shape index (κ1) is 22.2. The Balaban J connectivity index is 1.67. The van der Waals surface area contributed by atoms with E-state index in [1.54, 1.807) is 36.1 Å². The number of halogens is 1. The van der Waals surface area contributed by atoms with Gasteiger partial charge in [-0.3, -0.25) is 4.79 Å². The molecule has 1 amide bonds. The zero-order valence-electron chi connectivity index (χ0n) is 16.6. The van der Waals surface area contributed by atoms with Crippen molar-refractivity contribution in [2.45, 2.75) is 18.0 Å². The number of fused-ring (bicyclic) bond motifs is 1. The van der Waals surface area contributed by atoms with Crippen LogP contribution in [0.4, 0.5) is 0 Å². The Bertz CT molecular complexity index is 1150. The Hall–Kier alpha value is -2.53. The predicted molar refractivity (Wildman–Crippen MR) is 113 cm³/mol. The van der Waals surface area contributed by atoms with Crippen LogP contribution in [-0.4, -0.2) is 60.9 Å². The lowest BCUT2D eigenvalue weighted by molar-refractivity contribution is -0.121. The van der Waals surface area contributed by atoms with Crippen LogP contribution in [0.25, 0.3) is 11.0 Å². The Labute approximate surface area is 179 Å². The summed E-state index contributed by atoms with van der Waals surface area (Å²) in [6.45, 7) is 0.905. The number of aromatic nitrogens is 3. The molecule has 0 bridgehead atoms. The summed E-state index contributed by atoms with van der Waals surface area (Å²) < 4.78 is 33.4. The largest absolute Gasteiger partial charge is 0.383 e. The first-order valence-corrected chi connectivity index (χ1v) is 10.9. The third-order valence-electron chi connectivity index (χ3n) is 4.45. The van der Waals surface area contributed by atoms with Gasteiger partial charge in [0.25, 0.3) is 0 Å². The van der Waals surface area contributed by atoms with E-state index in [-0.39, 0.29) is 18.0 Å². The highest BCUT2D eigenvalue weighted by molar-refractivity contribution is 7.89. The standard InChI is InChI=1S/C19H22ClN5O4S/c1-24(13-19(26)21-12-14-4-3-5-15(20)10-14)30(27,28)16-6-7-18-17(11-16)22-23-25(18)8-9-29-2/h3-7,10-11H,8-9,12-13H2,1-2H3,(H,21,26). The highest BCUT2D eigenvalue weighted by Gasteiger charge is 2.24. The molecular weight excluding hydrogens is 430 g/mol. The Kier molecular flexibility index (Phi) is 7.03. The van der Waals surface area contributed by atoms with Gasteiger partial charge in [0.2, 0.25) is 15.9 Å². The molecule has 0 fully saturated rings. The molecule has 2 aromatic carbocycles. The maximum absolute atomic E-state index is 12.9. The van der Waals surface area contributed by atoms with Crippen LogP contribution in [0.5, 0.6) is 0 Å². The number of nitrogens with one attached hydrogen (secondary N) is 1. The van der Waals surface area contributed by atoms with Crippen molar-refractivity contribution in [1.29, 1.82) is 0 Å². The van der Waals surface area contributed by atoms with Gasteiger partial charge in [0.15, 0.2) is 0 Å². The molecule has 0 radical (unpaired) electrons. The highest BCUT2D eigenvalue weighted by atomic mass is 35.5. The maximum Gasteiger partial charge on any atom is 0.243 e. The van der Waals surface area contributed by atoms with Gasteiger partial charge in [-0.25, -0.2) is 13.1 Å². The van der Waals surface area contributed by atoms with Crippen LogP contribution in [0.15, 0.2) is 47.4 Å². The van der Waals surface area contributed by atoms with E-state index in [2.05, 4.69) is 15.6 Å². The minimum atomic E-state index is -3.87. The van der Waals surface area contributed by atoms with E-state index in [0.29, 0.717) is 29.2 Å². The zero-order valence-corrected chi connectivity index (χ0v) is 18.2. The molecule has 3 aromatic rings. The molecule has 0 atom stereocenters. The van der Waals surface area contributed by atoms with Gasteiger partial charge in [-0.2, -0.15) is 4.31 Å². The van der Waals surface area contributed by atoms with Crippen LogP contribution in [0.1, 0.15) is 5.56 Å². The van der Waals surface area contributed by atoms with Crippen LogP contribution in [-0.2, 0) is 32.6 Å². The summed E-state index contributed by atoms with van der Waals surface area (Å²) in [5, 5.41) is 11.3. The van der Waals surface area contributed by atoms with Gasteiger partial charge in [-0.1, -0.05) is 28.9 Å². The number of likely N-dealkylation sites (N-methyl/N-ethyl adjacent to an activating group) is 1. The molecule has 0 aliphatic rings. The molecule has 11 heteroatoms. The summed E-state index contributed by atoms with van der Waals surface area (Å²) >= 11 is 5.92. The van der Waals surface area contributed by atoms with Crippen molar-refractivity contribution in [3.63, 3.8) is 0 Å². The summed E-state index contributed by atoms with van der Waals surface area (Å²) in [6.07, 6.45) is 0. The summed E-state index contributed by atoms with van der Waals surface area (Å²) in [5.74, 6) is -0.423. The number of rotatable bonds is 9. The Morgan fingerprint density at radius 2 is 2.07 bits per heavy atom. The molecule has 0 spiro atoms. The molecule has 0 saturated heterocycles. The maximum atomic E-state index is 12.9. The molecule has 1 N–H and O–H groups in total. The van der Waals surface area contributed by atoms with Crippen LogP contribution < -0.4 is 5.32 Å². The van der Waals surface area contributed by atoms with Gasteiger partial charge in [0.1, 0.15) is 5.52 Å². The minimum absolute atomic E-state index is 0.0407. The lowest BCUT2D eigenvalue weighted by Crippen LogP contribution is -2.38. The van der Waals surface area contributed by atoms with Crippen molar-refractivity contribution in [2.75, 3.05) is 27.3 Å². The van der Waals surface area contributed by atoms with Crippen molar-refractivity contribution in [3.05, 3.63) is 53.1 Å². The van der Waals surface area contributed by atoms with E-state index >= 15 is 0 Å². The van der Waals surface area contributed by atoms with E-state index in [9.17, 15) is 13.2 Å². The number of amides is 1. The number of nitrogens with zero attached hydrogens (tertiary/aromatic N) is 4. The summed E-state index contributed by atoms with van der Waals surface area (Å²) in [4.78, 5) is 12.3. The number of carbonyl (C=O) groups is 1. The Morgan fingerprint density at radius 3 is 2.80 bits per heavy atom. The summed E-state index contributed by atoms with van der Waals surface area (Å²) in [6, 6.07) is 11.6. The molecule has 3 rings (SSSR count). The van der Waals surface area contributed by atoms with Crippen LogP contribution in [0, 0.1) is 0 Å². The summed E-state index contributed by atoms with van der Waals surface area (Å²) in [7, 11) is -0.930.